The fourth-order valence-corrected chi connectivity index (χ4v) is 4.60. The normalized spacial score (nSPS) is 20.9. The molecule has 2 bridgehead atoms. The van der Waals surface area contributed by atoms with E-state index < -0.39 is 0 Å². The van der Waals surface area contributed by atoms with Crippen LogP contribution in [0.4, 0.5) is 5.69 Å². The molecule has 1 saturated heterocycles. The summed E-state index contributed by atoms with van der Waals surface area (Å²) in [6.45, 7) is 2.53. The van der Waals surface area contributed by atoms with Crippen LogP contribution in [0.2, 0.25) is 0 Å². The molecule has 0 aromatic heterocycles. The maximum atomic E-state index is 12.4. The summed E-state index contributed by atoms with van der Waals surface area (Å²) in [5.74, 6) is 0.621. The fourth-order valence-electron chi connectivity index (χ4n) is 4.22. The lowest BCUT2D eigenvalue weighted by molar-refractivity contribution is -0.111. The van der Waals surface area contributed by atoms with Gasteiger partial charge in [-0.15, -0.1) is 0 Å². The number of nitrogens with one attached hydrogen (secondary N) is 1. The van der Waals surface area contributed by atoms with Gasteiger partial charge in [-0.05, 0) is 74.3 Å². The van der Waals surface area contributed by atoms with E-state index >= 15 is 0 Å². The van der Waals surface area contributed by atoms with Crippen LogP contribution in [0.5, 0.6) is 5.75 Å². The summed E-state index contributed by atoms with van der Waals surface area (Å²) < 4.78 is 6.57. The van der Waals surface area contributed by atoms with Gasteiger partial charge in [0.2, 0.25) is 5.91 Å². The molecular formula is C22H23BrN2O2. The third-order valence-corrected chi connectivity index (χ3v) is 5.95. The Bertz CT molecular complexity index is 909. The molecule has 0 radical (unpaired) electrons. The first-order chi connectivity index (χ1) is 13.1. The van der Waals surface area contributed by atoms with Crippen molar-refractivity contribution in [3.05, 3.63) is 63.6 Å². The second-order valence-corrected chi connectivity index (χ2v) is 7.97. The highest BCUT2D eigenvalue weighted by Gasteiger charge is 2.41. The minimum absolute atomic E-state index is 0.145. The van der Waals surface area contributed by atoms with E-state index in [0.717, 1.165) is 21.5 Å². The Morgan fingerprint density at radius 1 is 1.22 bits per heavy atom. The Labute approximate surface area is 168 Å². The summed E-state index contributed by atoms with van der Waals surface area (Å²) in [4.78, 5) is 14.8. The molecule has 2 aromatic carbocycles. The van der Waals surface area contributed by atoms with Crippen LogP contribution < -0.4 is 10.1 Å². The molecule has 0 aliphatic carbocycles. The summed E-state index contributed by atoms with van der Waals surface area (Å²) in [6, 6.07) is 13.1. The number of benzene rings is 2. The molecule has 4 nitrogen and oxygen atoms in total. The molecule has 140 valence electrons. The molecule has 2 aliphatic rings. The van der Waals surface area contributed by atoms with Crippen molar-refractivity contribution < 1.29 is 9.53 Å². The van der Waals surface area contributed by atoms with E-state index in [-0.39, 0.29) is 5.91 Å². The number of rotatable bonds is 5. The average molecular weight is 427 g/mol. The standard InChI is InChI=1S/C22H23BrN2O2/c1-3-27-21-10-5-15(23)12-14(21)4-11-22(26)24-16-6-7-17-18(13-16)20-9-8-19(17)25(20)2/h4-7,10-13,19-20H,3,8-9H2,1-2H3,(H,24,26)/b11-4+. The third-order valence-electron chi connectivity index (χ3n) is 5.46. The van der Waals surface area contributed by atoms with Crippen molar-refractivity contribution in [1.29, 1.82) is 0 Å². The maximum absolute atomic E-state index is 12.4. The van der Waals surface area contributed by atoms with Crippen LogP contribution in [-0.4, -0.2) is 24.5 Å². The van der Waals surface area contributed by atoms with Gasteiger partial charge >= 0.3 is 0 Å². The number of carbonyl (C=O) groups excluding carboxylic acids is 1. The zero-order chi connectivity index (χ0) is 19.0. The first kappa shape index (κ1) is 18.3. The Balaban J connectivity index is 1.48. The molecule has 5 heteroatoms. The lowest BCUT2D eigenvalue weighted by atomic mass is 9.91. The third kappa shape index (κ3) is 3.54. The van der Waals surface area contributed by atoms with E-state index in [9.17, 15) is 4.79 Å². The van der Waals surface area contributed by atoms with E-state index in [0.29, 0.717) is 18.7 Å². The van der Waals surface area contributed by atoms with Crippen LogP contribution in [0.3, 0.4) is 0 Å². The van der Waals surface area contributed by atoms with Gasteiger partial charge in [-0.25, -0.2) is 0 Å². The van der Waals surface area contributed by atoms with Crippen molar-refractivity contribution in [2.75, 3.05) is 19.0 Å². The first-order valence-corrected chi connectivity index (χ1v) is 10.1. The van der Waals surface area contributed by atoms with Crippen LogP contribution in [0, 0.1) is 0 Å². The van der Waals surface area contributed by atoms with Crippen molar-refractivity contribution in [2.24, 2.45) is 0 Å². The number of anilines is 1. The average Bonchev–Trinajstić information content (AvgIpc) is 3.15. The van der Waals surface area contributed by atoms with E-state index in [1.54, 1.807) is 12.2 Å². The van der Waals surface area contributed by atoms with Gasteiger partial charge in [0, 0.05) is 33.9 Å². The summed E-state index contributed by atoms with van der Waals surface area (Å²) in [5.41, 5.74) is 4.50. The second kappa shape index (κ2) is 7.49. The van der Waals surface area contributed by atoms with Crippen LogP contribution in [0.1, 0.15) is 48.5 Å². The Morgan fingerprint density at radius 3 is 2.78 bits per heavy atom. The van der Waals surface area contributed by atoms with E-state index in [1.807, 2.05) is 31.2 Å². The molecule has 1 N–H and O–H groups in total. The van der Waals surface area contributed by atoms with E-state index in [4.69, 9.17) is 4.74 Å². The molecule has 2 aromatic rings. The van der Waals surface area contributed by atoms with Gasteiger partial charge in [0.15, 0.2) is 0 Å². The number of amides is 1. The van der Waals surface area contributed by atoms with Gasteiger partial charge < -0.3 is 10.1 Å². The minimum atomic E-state index is -0.145. The highest BCUT2D eigenvalue weighted by atomic mass is 79.9. The Kier molecular flexibility index (Phi) is 5.06. The zero-order valence-corrected chi connectivity index (χ0v) is 17.1. The second-order valence-electron chi connectivity index (χ2n) is 7.06. The summed E-state index contributed by atoms with van der Waals surface area (Å²) >= 11 is 3.46. The molecule has 4 rings (SSSR count). The van der Waals surface area contributed by atoms with Crippen LogP contribution >= 0.6 is 15.9 Å². The molecular weight excluding hydrogens is 404 g/mol. The predicted octanol–water partition coefficient (Wildman–Crippen LogP) is 5.32. The quantitative estimate of drug-likeness (QED) is 0.657. The number of hydrogen-bond acceptors (Lipinski definition) is 3. The number of ether oxygens (including phenoxy) is 1. The van der Waals surface area contributed by atoms with Crippen LogP contribution in [0.15, 0.2) is 46.9 Å². The van der Waals surface area contributed by atoms with Gasteiger partial charge in [-0.3, -0.25) is 9.69 Å². The van der Waals surface area contributed by atoms with E-state index in [1.165, 1.54) is 24.0 Å². The minimum Gasteiger partial charge on any atom is -0.493 e. The molecule has 1 amide bonds. The van der Waals surface area contributed by atoms with Gasteiger partial charge in [-0.2, -0.15) is 0 Å². The number of nitrogens with zero attached hydrogens (tertiary/aromatic N) is 1. The number of hydrogen-bond donors (Lipinski definition) is 1. The number of halogens is 1. The van der Waals surface area contributed by atoms with Crippen molar-refractivity contribution >= 4 is 33.6 Å². The zero-order valence-electron chi connectivity index (χ0n) is 15.5. The topological polar surface area (TPSA) is 41.6 Å². The number of fused-ring (bicyclic) bond motifs is 5. The summed E-state index contributed by atoms with van der Waals surface area (Å²) in [7, 11) is 2.19. The maximum Gasteiger partial charge on any atom is 0.248 e. The highest BCUT2D eigenvalue weighted by molar-refractivity contribution is 9.10. The lowest BCUT2D eigenvalue weighted by Gasteiger charge is -2.14. The molecule has 1 fully saturated rings. The lowest BCUT2D eigenvalue weighted by Crippen LogP contribution is -2.12. The Morgan fingerprint density at radius 2 is 2.00 bits per heavy atom. The van der Waals surface area contributed by atoms with Crippen molar-refractivity contribution in [3.8, 4) is 5.75 Å². The molecule has 27 heavy (non-hydrogen) atoms. The number of carbonyl (C=O) groups is 1. The van der Waals surface area contributed by atoms with Gasteiger partial charge in [0.1, 0.15) is 5.75 Å². The summed E-state index contributed by atoms with van der Waals surface area (Å²) in [5, 5.41) is 2.99. The molecule has 0 spiro atoms. The molecule has 2 aliphatic heterocycles. The summed E-state index contributed by atoms with van der Waals surface area (Å²) in [6.07, 6.45) is 5.77. The fraction of sp³-hybridized carbons (Fsp3) is 0.318. The van der Waals surface area contributed by atoms with Crippen molar-refractivity contribution in [2.45, 2.75) is 31.8 Å². The Hall–Kier alpha value is -2.11. The first-order valence-electron chi connectivity index (χ1n) is 9.34. The molecule has 0 saturated carbocycles. The van der Waals surface area contributed by atoms with Crippen molar-refractivity contribution in [1.82, 2.24) is 4.90 Å². The SMILES string of the molecule is CCOc1ccc(Br)cc1/C=C/C(=O)Nc1ccc2c(c1)C1CCC2N1C. The molecule has 2 heterocycles. The van der Waals surface area contributed by atoms with Gasteiger partial charge in [-0.1, -0.05) is 22.0 Å². The largest absolute Gasteiger partial charge is 0.493 e. The van der Waals surface area contributed by atoms with Gasteiger partial charge in [0.05, 0.1) is 6.61 Å². The smallest absolute Gasteiger partial charge is 0.248 e. The van der Waals surface area contributed by atoms with Crippen molar-refractivity contribution in [3.63, 3.8) is 0 Å². The predicted molar refractivity (Wildman–Crippen MR) is 112 cm³/mol. The molecule has 2 atom stereocenters. The molecule has 2 unspecified atom stereocenters. The van der Waals surface area contributed by atoms with Crippen LogP contribution in [0.25, 0.3) is 6.08 Å². The monoisotopic (exact) mass is 426 g/mol. The highest BCUT2D eigenvalue weighted by Crippen LogP contribution is 2.52. The van der Waals surface area contributed by atoms with Crippen LogP contribution in [-0.2, 0) is 4.79 Å². The van der Waals surface area contributed by atoms with E-state index in [2.05, 4.69) is 45.3 Å². The van der Waals surface area contributed by atoms with Gasteiger partial charge in [0.25, 0.3) is 0 Å².